The minimum atomic E-state index is 0.664. The molecule has 0 atom stereocenters. The van der Waals surface area contributed by atoms with Crippen LogP contribution in [0.2, 0.25) is 0 Å². The van der Waals surface area contributed by atoms with Gasteiger partial charge in [-0.3, -0.25) is 0 Å². The number of nitrogens with one attached hydrogen (secondary N) is 1. The molecule has 0 saturated heterocycles. The standard InChI is InChI=1S/C25H26NO/c1-3-24(20-10-6-4-7-11-20)25(21-12-8-5-9-13-21)22-14-16-23(17-15-22)27-19-18-26-2/h4,6-17,26H,3,18-19H2,1-2H3/b25-24+. The van der Waals surface area contributed by atoms with E-state index in [9.17, 15) is 0 Å². The third-order valence-electron chi connectivity index (χ3n) is 4.55. The van der Waals surface area contributed by atoms with Crippen LogP contribution in [0.25, 0.3) is 11.1 Å². The Balaban J connectivity index is 2.04. The molecule has 137 valence electrons. The highest BCUT2D eigenvalue weighted by Crippen LogP contribution is 2.34. The van der Waals surface area contributed by atoms with Crippen LogP contribution >= 0.6 is 0 Å². The summed E-state index contributed by atoms with van der Waals surface area (Å²) in [5, 5.41) is 3.09. The summed E-state index contributed by atoms with van der Waals surface area (Å²) >= 11 is 0. The summed E-state index contributed by atoms with van der Waals surface area (Å²) in [6.07, 6.45) is 0.957. The molecule has 0 amide bonds. The minimum Gasteiger partial charge on any atom is -0.492 e. The highest BCUT2D eigenvalue weighted by molar-refractivity contribution is 5.98. The summed E-state index contributed by atoms with van der Waals surface area (Å²) in [5.74, 6) is 0.896. The van der Waals surface area contributed by atoms with Crippen LogP contribution in [-0.2, 0) is 0 Å². The van der Waals surface area contributed by atoms with E-state index in [0.29, 0.717) is 6.61 Å². The Kier molecular flexibility index (Phi) is 6.84. The number of hydrogen-bond acceptors (Lipinski definition) is 2. The van der Waals surface area contributed by atoms with Crippen molar-refractivity contribution < 1.29 is 4.74 Å². The molecule has 0 aromatic heterocycles. The Morgan fingerprint density at radius 1 is 0.852 bits per heavy atom. The number of rotatable bonds is 8. The molecule has 0 fully saturated rings. The lowest BCUT2D eigenvalue weighted by Gasteiger charge is -2.17. The maximum absolute atomic E-state index is 5.77. The Morgan fingerprint density at radius 2 is 1.52 bits per heavy atom. The first-order chi connectivity index (χ1) is 13.3. The molecule has 1 radical (unpaired) electrons. The van der Waals surface area contributed by atoms with Gasteiger partial charge in [0.1, 0.15) is 12.4 Å². The molecule has 0 spiro atoms. The molecule has 0 aliphatic heterocycles. The van der Waals surface area contributed by atoms with E-state index in [1.54, 1.807) is 0 Å². The predicted molar refractivity (Wildman–Crippen MR) is 114 cm³/mol. The third kappa shape index (κ3) is 4.87. The van der Waals surface area contributed by atoms with Crippen molar-refractivity contribution >= 4 is 11.1 Å². The van der Waals surface area contributed by atoms with Gasteiger partial charge in [-0.2, -0.15) is 0 Å². The summed E-state index contributed by atoms with van der Waals surface area (Å²) in [4.78, 5) is 0. The van der Waals surface area contributed by atoms with Crippen LogP contribution in [-0.4, -0.2) is 20.2 Å². The molecule has 2 heteroatoms. The lowest BCUT2D eigenvalue weighted by atomic mass is 9.88. The monoisotopic (exact) mass is 356 g/mol. The molecule has 3 rings (SSSR count). The predicted octanol–water partition coefficient (Wildman–Crippen LogP) is 5.45. The van der Waals surface area contributed by atoms with Gasteiger partial charge in [0.15, 0.2) is 0 Å². The van der Waals surface area contributed by atoms with Crippen LogP contribution in [0, 0.1) is 6.07 Å². The van der Waals surface area contributed by atoms with Crippen molar-refractivity contribution in [2.75, 3.05) is 20.2 Å². The van der Waals surface area contributed by atoms with Gasteiger partial charge >= 0.3 is 0 Å². The zero-order valence-electron chi connectivity index (χ0n) is 16.0. The van der Waals surface area contributed by atoms with Gasteiger partial charge < -0.3 is 10.1 Å². The first-order valence-corrected chi connectivity index (χ1v) is 9.46. The number of hydrogen-bond donors (Lipinski definition) is 1. The summed E-state index contributed by atoms with van der Waals surface area (Å²) in [6, 6.07) is 30.4. The quantitative estimate of drug-likeness (QED) is 0.428. The molecule has 0 heterocycles. The van der Waals surface area contributed by atoms with Crippen molar-refractivity contribution in [1.82, 2.24) is 5.32 Å². The van der Waals surface area contributed by atoms with Crippen LogP contribution < -0.4 is 10.1 Å². The van der Waals surface area contributed by atoms with Crippen molar-refractivity contribution in [3.05, 3.63) is 102 Å². The molecule has 0 aliphatic rings. The fourth-order valence-electron chi connectivity index (χ4n) is 3.22. The molecule has 0 bridgehead atoms. The second-order valence-electron chi connectivity index (χ2n) is 6.34. The summed E-state index contributed by atoms with van der Waals surface area (Å²) in [5.41, 5.74) is 6.27. The first kappa shape index (κ1) is 18.9. The zero-order valence-corrected chi connectivity index (χ0v) is 16.0. The molecule has 0 unspecified atom stereocenters. The van der Waals surface area contributed by atoms with E-state index in [2.05, 4.69) is 85.0 Å². The lowest BCUT2D eigenvalue weighted by Crippen LogP contribution is -2.15. The third-order valence-corrected chi connectivity index (χ3v) is 4.55. The van der Waals surface area contributed by atoms with Gasteiger partial charge in [-0.1, -0.05) is 73.7 Å². The average molecular weight is 356 g/mol. The van der Waals surface area contributed by atoms with Gasteiger partial charge in [0.25, 0.3) is 0 Å². The van der Waals surface area contributed by atoms with E-state index >= 15 is 0 Å². The molecule has 0 aliphatic carbocycles. The summed E-state index contributed by atoms with van der Waals surface area (Å²) in [7, 11) is 1.93. The second kappa shape index (κ2) is 9.75. The molecule has 2 nitrogen and oxygen atoms in total. The van der Waals surface area contributed by atoms with Gasteiger partial charge in [-0.25, -0.2) is 0 Å². The topological polar surface area (TPSA) is 21.3 Å². The Labute approximate surface area is 162 Å². The van der Waals surface area contributed by atoms with E-state index < -0.39 is 0 Å². The van der Waals surface area contributed by atoms with E-state index in [1.165, 1.54) is 27.8 Å². The van der Waals surface area contributed by atoms with Gasteiger partial charge in [0.2, 0.25) is 0 Å². The molecule has 1 N–H and O–H groups in total. The molecule has 27 heavy (non-hydrogen) atoms. The fourth-order valence-corrected chi connectivity index (χ4v) is 3.22. The van der Waals surface area contributed by atoms with E-state index in [4.69, 9.17) is 4.74 Å². The molecular formula is C25H26NO. The van der Waals surface area contributed by atoms with Crippen molar-refractivity contribution in [1.29, 1.82) is 0 Å². The smallest absolute Gasteiger partial charge is 0.119 e. The molecule has 3 aromatic carbocycles. The van der Waals surface area contributed by atoms with E-state index in [1.807, 2.05) is 19.2 Å². The normalized spacial score (nSPS) is 11.8. The SMILES string of the molecule is CC/C(=C(/c1cc[c]cc1)c1ccc(OCCNC)cc1)c1ccccc1. The van der Waals surface area contributed by atoms with Gasteiger partial charge in [-0.05, 0) is 59.5 Å². The average Bonchev–Trinajstić information content (AvgIpc) is 2.74. The van der Waals surface area contributed by atoms with Crippen LogP contribution in [0.3, 0.4) is 0 Å². The van der Waals surface area contributed by atoms with Crippen LogP contribution in [0.4, 0.5) is 0 Å². The maximum atomic E-state index is 5.77. The fraction of sp³-hybridized carbons (Fsp3) is 0.200. The number of benzene rings is 3. The van der Waals surface area contributed by atoms with Crippen molar-refractivity contribution in [3.63, 3.8) is 0 Å². The highest BCUT2D eigenvalue weighted by Gasteiger charge is 2.12. The Bertz CT molecular complexity index is 852. The molecular weight excluding hydrogens is 330 g/mol. The van der Waals surface area contributed by atoms with Crippen LogP contribution in [0.5, 0.6) is 5.75 Å². The lowest BCUT2D eigenvalue weighted by molar-refractivity contribution is 0.318. The van der Waals surface area contributed by atoms with Gasteiger partial charge in [0.05, 0.1) is 0 Å². The summed E-state index contributed by atoms with van der Waals surface area (Å²) < 4.78 is 5.77. The van der Waals surface area contributed by atoms with Crippen LogP contribution in [0.15, 0.2) is 78.9 Å². The number of allylic oxidation sites excluding steroid dienone is 1. The van der Waals surface area contributed by atoms with Gasteiger partial charge in [0, 0.05) is 6.54 Å². The van der Waals surface area contributed by atoms with E-state index in [0.717, 1.165) is 18.7 Å². The number of ether oxygens (including phenoxy) is 1. The molecule has 0 saturated carbocycles. The van der Waals surface area contributed by atoms with Gasteiger partial charge in [-0.15, -0.1) is 0 Å². The maximum Gasteiger partial charge on any atom is 0.119 e. The first-order valence-electron chi connectivity index (χ1n) is 9.46. The summed E-state index contributed by atoms with van der Waals surface area (Å²) in [6.45, 7) is 3.71. The number of likely N-dealkylation sites (N-methyl/N-ethyl adjacent to an activating group) is 1. The largest absolute Gasteiger partial charge is 0.492 e. The van der Waals surface area contributed by atoms with Crippen LogP contribution in [0.1, 0.15) is 30.0 Å². The zero-order chi connectivity index (χ0) is 18.9. The van der Waals surface area contributed by atoms with Crippen molar-refractivity contribution in [2.45, 2.75) is 13.3 Å². The van der Waals surface area contributed by atoms with Crippen molar-refractivity contribution in [2.24, 2.45) is 0 Å². The second-order valence-corrected chi connectivity index (χ2v) is 6.34. The Hall–Kier alpha value is -2.84. The minimum absolute atomic E-state index is 0.664. The van der Waals surface area contributed by atoms with E-state index in [-0.39, 0.29) is 0 Å². The highest BCUT2D eigenvalue weighted by atomic mass is 16.5. The molecule has 3 aromatic rings. The van der Waals surface area contributed by atoms with Crippen molar-refractivity contribution in [3.8, 4) is 5.75 Å². The Morgan fingerprint density at radius 3 is 2.15 bits per heavy atom.